The Bertz CT molecular complexity index is 15.5. The predicted molar refractivity (Wildman–Crippen MR) is 12.4 cm³/mol. The van der Waals surface area contributed by atoms with E-state index in [-0.39, 0.29) is 42.0 Å². The average Bonchev–Trinajstić information content (AvgIpc) is 0.811. The topological polar surface area (TPSA) is 60.7 Å². The Kier molecular flexibility index (Phi) is 25.8. The molecule has 3 N–H and O–H groups in total. The third-order valence-corrected chi connectivity index (χ3v) is 0. The van der Waals surface area contributed by atoms with Crippen molar-refractivity contribution in [3.05, 3.63) is 0 Å². The van der Waals surface area contributed by atoms with E-state index >= 15 is 0 Å². The summed E-state index contributed by atoms with van der Waals surface area (Å²) in [5.41, 5.74) is 0. The molecule has 0 radical (unpaired) electrons. The second-order valence-electron chi connectivity index (χ2n) is 0.268. The molecule has 0 aliphatic rings. The van der Waals surface area contributed by atoms with Crippen LogP contribution in [0.15, 0.2) is 0 Å². The van der Waals surface area contributed by atoms with E-state index in [0.717, 1.165) is 0 Å². The van der Waals surface area contributed by atoms with Crippen LogP contribution in [0.25, 0.3) is 0 Å². The molecule has 0 bridgehead atoms. The summed E-state index contributed by atoms with van der Waals surface area (Å²) in [6, 6.07) is 0. The van der Waals surface area contributed by atoms with Gasteiger partial charge in [0.2, 0.25) is 0 Å². The smallest absolute Gasteiger partial charge is 1.00 e. The Morgan fingerprint density at radius 1 is 1.00 bits per heavy atom. The Labute approximate surface area is 69.4 Å². The van der Waals surface area contributed by atoms with E-state index in [1.54, 1.807) is 0 Å². The van der Waals surface area contributed by atoms with Crippen molar-refractivity contribution in [2.24, 2.45) is 0 Å². The normalized spacial score (nSPS) is 6.00. The van der Waals surface area contributed by atoms with Crippen LogP contribution >= 0.6 is 0 Å². The summed E-state index contributed by atoms with van der Waals surface area (Å²) in [4.78, 5) is 0. The van der Waals surface area contributed by atoms with Gasteiger partial charge in [-0.25, -0.2) is 0 Å². The molecular formula is H3AsClNaO3. The van der Waals surface area contributed by atoms with Gasteiger partial charge in [-0.15, -0.1) is 0 Å². The van der Waals surface area contributed by atoms with Crippen molar-refractivity contribution in [3.63, 3.8) is 0 Å². The summed E-state index contributed by atoms with van der Waals surface area (Å²) in [5, 5.41) is 0. The molecule has 0 spiro atoms. The van der Waals surface area contributed by atoms with E-state index in [2.05, 4.69) is 0 Å². The second-order valence-corrected chi connectivity index (χ2v) is 1.39. The first-order chi connectivity index (χ1) is 1.73. The van der Waals surface area contributed by atoms with Gasteiger partial charge in [-0.1, -0.05) is 0 Å². The fourth-order valence-electron chi connectivity index (χ4n) is 0. The van der Waals surface area contributed by atoms with Crippen molar-refractivity contribution < 1.29 is 54.3 Å². The van der Waals surface area contributed by atoms with Crippen LogP contribution < -0.4 is 42.0 Å². The Morgan fingerprint density at radius 2 is 1.00 bits per heavy atom. The molecule has 0 saturated heterocycles. The van der Waals surface area contributed by atoms with Crippen LogP contribution in [0.4, 0.5) is 0 Å². The number of halogens is 1. The zero-order valence-corrected chi connectivity index (χ0v) is 7.80. The Morgan fingerprint density at radius 3 is 1.00 bits per heavy atom. The van der Waals surface area contributed by atoms with Crippen LogP contribution in [0.3, 0.4) is 0 Å². The van der Waals surface area contributed by atoms with Gasteiger partial charge in [0, 0.05) is 0 Å². The molecule has 0 rings (SSSR count). The van der Waals surface area contributed by atoms with Crippen molar-refractivity contribution in [1.29, 1.82) is 0 Å². The minimum absolute atomic E-state index is 0. The van der Waals surface area contributed by atoms with Gasteiger partial charge in [0.05, 0.1) is 0 Å². The maximum absolute atomic E-state index is 7.31. The first kappa shape index (κ1) is 15.6. The summed E-state index contributed by atoms with van der Waals surface area (Å²) >= 11 is -3.19. The van der Waals surface area contributed by atoms with Gasteiger partial charge in [-0.05, 0) is 0 Å². The molecule has 0 atom stereocenters. The molecule has 0 heterocycles. The van der Waals surface area contributed by atoms with Crippen LogP contribution in [-0.4, -0.2) is 28.0 Å². The average molecular weight is 184 g/mol. The Balaban J connectivity index is -0.0000000450. The molecule has 0 aromatic heterocycles. The monoisotopic (exact) mass is 184 g/mol. The summed E-state index contributed by atoms with van der Waals surface area (Å²) in [6.45, 7) is 0. The van der Waals surface area contributed by atoms with Gasteiger partial charge in [-0.3, -0.25) is 0 Å². The van der Waals surface area contributed by atoms with Crippen molar-refractivity contribution in [2.45, 2.75) is 0 Å². The van der Waals surface area contributed by atoms with Gasteiger partial charge in [-0.2, -0.15) is 0 Å². The van der Waals surface area contributed by atoms with E-state index in [9.17, 15) is 0 Å². The third kappa shape index (κ3) is 42.9. The zero-order valence-electron chi connectivity index (χ0n) is 3.17. The quantitative estimate of drug-likeness (QED) is 0.328. The van der Waals surface area contributed by atoms with Gasteiger partial charge < -0.3 is 12.4 Å². The predicted octanol–water partition coefficient (Wildman–Crippen LogP) is -8.04. The van der Waals surface area contributed by atoms with Crippen LogP contribution in [0.1, 0.15) is 0 Å². The molecule has 6 heavy (non-hydrogen) atoms. The molecule has 0 aliphatic heterocycles. The second kappa shape index (κ2) is 9.88. The molecule has 0 fully saturated rings. The largest absolute Gasteiger partial charge is 1.00 e. The molecule has 0 saturated carbocycles. The van der Waals surface area contributed by atoms with E-state index in [0.29, 0.717) is 0 Å². The first-order valence-corrected chi connectivity index (χ1v) is 3.12. The Hall–Kier alpha value is 1.73. The van der Waals surface area contributed by atoms with E-state index in [4.69, 9.17) is 12.3 Å². The van der Waals surface area contributed by atoms with Crippen molar-refractivity contribution in [1.82, 2.24) is 0 Å². The van der Waals surface area contributed by atoms with Gasteiger partial charge in [0.1, 0.15) is 0 Å². The number of hydrogen-bond acceptors (Lipinski definition) is 3. The molecular weight excluding hydrogens is 181 g/mol. The number of rotatable bonds is 0. The molecule has 34 valence electrons. The minimum Gasteiger partial charge on any atom is -1.00 e. The molecule has 6 heteroatoms. The molecule has 0 amide bonds. The van der Waals surface area contributed by atoms with Crippen LogP contribution in [0.2, 0.25) is 0 Å². The van der Waals surface area contributed by atoms with E-state index in [1.807, 2.05) is 0 Å². The first-order valence-electron chi connectivity index (χ1n) is 0.600. The van der Waals surface area contributed by atoms with Crippen LogP contribution in [0, 0.1) is 0 Å². The summed E-state index contributed by atoms with van der Waals surface area (Å²) in [5.74, 6) is 0. The molecule has 0 unspecified atom stereocenters. The number of hydrogen-bond donors (Lipinski definition) is 3. The van der Waals surface area contributed by atoms with Crippen molar-refractivity contribution in [3.8, 4) is 0 Å². The summed E-state index contributed by atoms with van der Waals surface area (Å²) in [6.07, 6.45) is 0. The molecule has 0 aromatic rings. The molecule has 3 nitrogen and oxygen atoms in total. The third-order valence-electron chi connectivity index (χ3n) is 0. The maximum atomic E-state index is 7.31. The van der Waals surface area contributed by atoms with Crippen molar-refractivity contribution >= 4 is 15.7 Å². The van der Waals surface area contributed by atoms with Gasteiger partial charge >= 0.3 is 57.5 Å². The van der Waals surface area contributed by atoms with Gasteiger partial charge in [0.25, 0.3) is 0 Å². The zero-order chi connectivity index (χ0) is 3.58. The van der Waals surface area contributed by atoms with Crippen LogP contribution in [0.5, 0.6) is 0 Å². The van der Waals surface area contributed by atoms with Crippen molar-refractivity contribution in [2.75, 3.05) is 0 Å². The fraction of sp³-hybridized carbons (Fsp3) is 0. The fourth-order valence-corrected chi connectivity index (χ4v) is 0. The van der Waals surface area contributed by atoms with E-state index in [1.165, 1.54) is 0 Å². The minimum atomic E-state index is -3.19. The SMILES string of the molecule is O[As](O)O.[Cl-].[Na+]. The van der Waals surface area contributed by atoms with Crippen LogP contribution in [-0.2, 0) is 0 Å². The van der Waals surface area contributed by atoms with Gasteiger partial charge in [0.15, 0.2) is 0 Å². The summed E-state index contributed by atoms with van der Waals surface area (Å²) < 4.78 is 21.9. The standard InChI is InChI=1S/AsH3O3.ClH.Na/c2-1(3)4;;/h2-4H;1H;/q;;+1/p-1. The summed E-state index contributed by atoms with van der Waals surface area (Å²) in [7, 11) is 0. The molecule has 0 aromatic carbocycles. The maximum Gasteiger partial charge on any atom is 1.00 e. The van der Waals surface area contributed by atoms with E-state index < -0.39 is 15.7 Å². The molecule has 0 aliphatic carbocycles.